The summed E-state index contributed by atoms with van der Waals surface area (Å²) in [6.45, 7) is 0.0767. The molecular formula is C14H16N2O4S. The van der Waals surface area contributed by atoms with E-state index in [1.165, 1.54) is 25.3 Å². The molecule has 0 aromatic heterocycles. The normalized spacial score (nSPS) is 14.3. The van der Waals surface area contributed by atoms with Crippen LogP contribution in [0, 0.1) is 12.3 Å². The quantitative estimate of drug-likeness (QED) is 0.750. The number of hydrogen-bond donors (Lipinski definition) is 2. The average Bonchev–Trinajstić information content (AvgIpc) is 3.27. The first kappa shape index (κ1) is 15.4. The molecule has 7 heteroatoms. The van der Waals surface area contributed by atoms with Crippen LogP contribution < -0.4 is 14.8 Å². The molecule has 2 rings (SSSR count). The number of ether oxygens (including phenoxy) is 1. The summed E-state index contributed by atoms with van der Waals surface area (Å²) in [5, 5.41) is 2.49. The first-order valence-corrected chi connectivity index (χ1v) is 7.88. The highest BCUT2D eigenvalue weighted by Crippen LogP contribution is 2.28. The third-order valence-electron chi connectivity index (χ3n) is 2.97. The molecule has 0 aliphatic heterocycles. The number of rotatable bonds is 6. The summed E-state index contributed by atoms with van der Waals surface area (Å²) in [6, 6.07) is 4.20. The van der Waals surface area contributed by atoms with E-state index in [1.54, 1.807) is 0 Å². The average molecular weight is 308 g/mol. The minimum absolute atomic E-state index is 0.0290. The van der Waals surface area contributed by atoms with Crippen molar-refractivity contribution in [1.82, 2.24) is 10.0 Å². The van der Waals surface area contributed by atoms with Crippen molar-refractivity contribution in [2.75, 3.05) is 13.7 Å². The molecule has 0 heterocycles. The van der Waals surface area contributed by atoms with Gasteiger partial charge in [0.25, 0.3) is 5.91 Å². The molecule has 2 N–H and O–H groups in total. The van der Waals surface area contributed by atoms with Gasteiger partial charge >= 0.3 is 0 Å². The smallest absolute Gasteiger partial charge is 0.252 e. The SMILES string of the molecule is C#CCNC(=O)c1ccc(OC)c(S(=O)(=O)NC2CC2)c1. The van der Waals surface area contributed by atoms with Crippen molar-refractivity contribution in [3.63, 3.8) is 0 Å². The van der Waals surface area contributed by atoms with Crippen LogP contribution in [0.5, 0.6) is 5.75 Å². The molecule has 1 aromatic carbocycles. The Morgan fingerprint density at radius 2 is 2.19 bits per heavy atom. The molecule has 1 aromatic rings. The van der Waals surface area contributed by atoms with Crippen molar-refractivity contribution in [3.8, 4) is 18.1 Å². The lowest BCUT2D eigenvalue weighted by Gasteiger charge is -2.12. The van der Waals surface area contributed by atoms with Gasteiger partial charge in [0.05, 0.1) is 13.7 Å². The topological polar surface area (TPSA) is 84.5 Å². The molecule has 0 saturated heterocycles. The number of carbonyl (C=O) groups excluding carboxylic acids is 1. The number of carbonyl (C=O) groups is 1. The maximum atomic E-state index is 12.3. The molecule has 0 spiro atoms. The monoisotopic (exact) mass is 308 g/mol. The van der Waals surface area contributed by atoms with Gasteiger partial charge in [0.2, 0.25) is 10.0 Å². The lowest BCUT2D eigenvalue weighted by Crippen LogP contribution is -2.27. The number of amides is 1. The summed E-state index contributed by atoms with van der Waals surface area (Å²) >= 11 is 0. The molecule has 1 aliphatic carbocycles. The fourth-order valence-electron chi connectivity index (χ4n) is 1.75. The van der Waals surface area contributed by atoms with E-state index in [9.17, 15) is 13.2 Å². The number of methoxy groups -OCH3 is 1. The van der Waals surface area contributed by atoms with E-state index in [1.807, 2.05) is 0 Å². The van der Waals surface area contributed by atoms with Crippen LogP contribution in [-0.4, -0.2) is 34.0 Å². The third kappa shape index (κ3) is 3.74. The molecule has 0 atom stereocenters. The Morgan fingerprint density at radius 1 is 1.48 bits per heavy atom. The van der Waals surface area contributed by atoms with E-state index in [2.05, 4.69) is 16.0 Å². The van der Waals surface area contributed by atoms with Gasteiger partial charge in [-0.05, 0) is 31.0 Å². The van der Waals surface area contributed by atoms with Crippen LogP contribution in [-0.2, 0) is 10.0 Å². The van der Waals surface area contributed by atoms with Crippen molar-refractivity contribution >= 4 is 15.9 Å². The lowest BCUT2D eigenvalue weighted by atomic mass is 10.2. The second-order valence-electron chi connectivity index (χ2n) is 4.65. The number of sulfonamides is 1. The fraction of sp³-hybridized carbons (Fsp3) is 0.357. The first-order chi connectivity index (χ1) is 9.97. The zero-order chi connectivity index (χ0) is 15.5. The van der Waals surface area contributed by atoms with Crippen LogP contribution in [0.15, 0.2) is 23.1 Å². The van der Waals surface area contributed by atoms with E-state index in [-0.39, 0.29) is 28.8 Å². The van der Waals surface area contributed by atoms with Gasteiger partial charge in [0, 0.05) is 11.6 Å². The molecule has 0 bridgehead atoms. The molecule has 112 valence electrons. The Bertz CT molecular complexity index is 687. The molecule has 6 nitrogen and oxygen atoms in total. The number of terminal acetylenes is 1. The van der Waals surface area contributed by atoms with E-state index in [4.69, 9.17) is 11.2 Å². The number of nitrogens with one attached hydrogen (secondary N) is 2. The van der Waals surface area contributed by atoms with Crippen molar-refractivity contribution in [2.45, 2.75) is 23.8 Å². The van der Waals surface area contributed by atoms with Gasteiger partial charge in [-0.15, -0.1) is 6.42 Å². The highest BCUT2D eigenvalue weighted by Gasteiger charge is 2.30. The first-order valence-electron chi connectivity index (χ1n) is 6.40. The van der Waals surface area contributed by atoms with Crippen LogP contribution in [0.2, 0.25) is 0 Å². The highest BCUT2D eigenvalue weighted by atomic mass is 32.2. The Hall–Kier alpha value is -2.04. The summed E-state index contributed by atoms with van der Waals surface area (Å²) in [5.74, 6) is 2.04. The third-order valence-corrected chi connectivity index (χ3v) is 4.51. The van der Waals surface area contributed by atoms with Crippen molar-refractivity contribution in [3.05, 3.63) is 23.8 Å². The highest BCUT2D eigenvalue weighted by molar-refractivity contribution is 7.89. The standard InChI is InChI=1S/C14H16N2O4S/c1-3-8-15-14(17)10-4-7-12(20-2)13(9-10)21(18,19)16-11-5-6-11/h1,4,7,9,11,16H,5-6,8H2,2H3,(H,15,17). The fourth-order valence-corrected chi connectivity index (χ4v) is 3.25. The van der Waals surface area contributed by atoms with Crippen LogP contribution in [0.25, 0.3) is 0 Å². The summed E-state index contributed by atoms with van der Waals surface area (Å²) < 4.78 is 32.2. The van der Waals surface area contributed by atoms with Gasteiger partial charge in [-0.2, -0.15) is 0 Å². The van der Waals surface area contributed by atoms with Crippen LogP contribution >= 0.6 is 0 Å². The molecule has 1 saturated carbocycles. The number of benzene rings is 1. The second-order valence-corrected chi connectivity index (χ2v) is 6.33. The van der Waals surface area contributed by atoms with E-state index < -0.39 is 15.9 Å². The predicted octanol–water partition coefficient (Wildman–Crippen LogP) is 0.499. The van der Waals surface area contributed by atoms with Gasteiger partial charge in [-0.1, -0.05) is 5.92 Å². The number of hydrogen-bond acceptors (Lipinski definition) is 4. The van der Waals surface area contributed by atoms with Gasteiger partial charge in [0.15, 0.2) is 0 Å². The summed E-state index contributed by atoms with van der Waals surface area (Å²) in [5.41, 5.74) is 0.210. The lowest BCUT2D eigenvalue weighted by molar-refractivity contribution is 0.0958. The predicted molar refractivity (Wildman–Crippen MR) is 77.5 cm³/mol. The van der Waals surface area contributed by atoms with E-state index in [0.29, 0.717) is 0 Å². The van der Waals surface area contributed by atoms with E-state index >= 15 is 0 Å². The maximum Gasteiger partial charge on any atom is 0.252 e. The Morgan fingerprint density at radius 3 is 2.76 bits per heavy atom. The molecule has 1 aliphatic rings. The second kappa shape index (κ2) is 6.16. The van der Waals surface area contributed by atoms with Crippen LogP contribution in [0.3, 0.4) is 0 Å². The minimum Gasteiger partial charge on any atom is -0.495 e. The molecular weight excluding hydrogens is 292 g/mol. The molecule has 0 unspecified atom stereocenters. The van der Waals surface area contributed by atoms with Gasteiger partial charge < -0.3 is 10.1 Å². The van der Waals surface area contributed by atoms with Crippen molar-refractivity contribution in [1.29, 1.82) is 0 Å². The Balaban J connectivity index is 2.34. The Labute approximate surface area is 123 Å². The van der Waals surface area contributed by atoms with Crippen molar-refractivity contribution < 1.29 is 17.9 Å². The minimum atomic E-state index is -3.71. The maximum absolute atomic E-state index is 12.3. The van der Waals surface area contributed by atoms with Gasteiger partial charge in [-0.25, -0.2) is 13.1 Å². The molecule has 1 amide bonds. The van der Waals surface area contributed by atoms with Gasteiger partial charge in [-0.3, -0.25) is 4.79 Å². The summed E-state index contributed by atoms with van der Waals surface area (Å²) in [6.07, 6.45) is 6.72. The van der Waals surface area contributed by atoms with Crippen LogP contribution in [0.4, 0.5) is 0 Å². The molecule has 1 fully saturated rings. The Kier molecular flexibility index (Phi) is 4.50. The summed E-state index contributed by atoms with van der Waals surface area (Å²) in [7, 11) is -2.33. The summed E-state index contributed by atoms with van der Waals surface area (Å²) in [4.78, 5) is 11.8. The molecule has 21 heavy (non-hydrogen) atoms. The molecule has 0 radical (unpaired) electrons. The zero-order valence-corrected chi connectivity index (χ0v) is 12.4. The zero-order valence-electron chi connectivity index (χ0n) is 11.5. The van der Waals surface area contributed by atoms with Crippen LogP contribution in [0.1, 0.15) is 23.2 Å². The van der Waals surface area contributed by atoms with Gasteiger partial charge in [0.1, 0.15) is 10.6 Å². The van der Waals surface area contributed by atoms with Crippen molar-refractivity contribution in [2.24, 2.45) is 0 Å². The largest absolute Gasteiger partial charge is 0.495 e. The van der Waals surface area contributed by atoms with E-state index in [0.717, 1.165) is 12.8 Å².